The van der Waals surface area contributed by atoms with E-state index in [0.717, 1.165) is 5.56 Å². The summed E-state index contributed by atoms with van der Waals surface area (Å²) < 4.78 is 0. The summed E-state index contributed by atoms with van der Waals surface area (Å²) in [6, 6.07) is 5.05. The van der Waals surface area contributed by atoms with E-state index >= 15 is 0 Å². The van der Waals surface area contributed by atoms with E-state index in [-0.39, 0.29) is 18.0 Å². The van der Waals surface area contributed by atoms with Gasteiger partial charge < -0.3 is 10.6 Å². The lowest BCUT2D eigenvalue weighted by atomic mass is 10.0. The third kappa shape index (κ3) is 1.90. The Morgan fingerprint density at radius 1 is 1.38 bits per heavy atom. The van der Waals surface area contributed by atoms with Gasteiger partial charge in [0.15, 0.2) is 0 Å². The van der Waals surface area contributed by atoms with E-state index in [2.05, 4.69) is 0 Å². The first-order valence-corrected chi connectivity index (χ1v) is 5.72. The van der Waals surface area contributed by atoms with Crippen LogP contribution in [-0.4, -0.2) is 23.9 Å². The van der Waals surface area contributed by atoms with Gasteiger partial charge in [0.2, 0.25) is 5.91 Å². The van der Waals surface area contributed by atoms with Gasteiger partial charge in [-0.25, -0.2) is 0 Å². The monoisotopic (exact) mass is 258 g/mol. The number of carbonyl (C=O) groups is 1. The molecule has 16 heavy (non-hydrogen) atoms. The molecule has 2 N–H and O–H groups in total. The van der Waals surface area contributed by atoms with Gasteiger partial charge in [0, 0.05) is 19.5 Å². The molecule has 1 fully saturated rings. The number of likely N-dealkylation sites (N-methyl/N-ethyl adjacent to an activating group) is 1. The SMILES string of the molecule is CN1C(=O)C[C@H](N)[C@@H]1c1ccc(Cl)c(Cl)c1. The van der Waals surface area contributed by atoms with Gasteiger partial charge in [-0.3, -0.25) is 4.79 Å². The molecule has 0 unspecified atom stereocenters. The van der Waals surface area contributed by atoms with Crippen LogP contribution in [-0.2, 0) is 4.79 Å². The van der Waals surface area contributed by atoms with E-state index in [1.165, 1.54) is 0 Å². The molecule has 1 saturated heterocycles. The highest BCUT2D eigenvalue weighted by Gasteiger charge is 2.36. The van der Waals surface area contributed by atoms with Gasteiger partial charge in [-0.15, -0.1) is 0 Å². The van der Waals surface area contributed by atoms with Crippen molar-refractivity contribution in [1.29, 1.82) is 0 Å². The Balaban J connectivity index is 2.37. The summed E-state index contributed by atoms with van der Waals surface area (Å²) in [5.41, 5.74) is 6.87. The number of hydrogen-bond acceptors (Lipinski definition) is 2. The summed E-state index contributed by atoms with van der Waals surface area (Å²) >= 11 is 11.8. The zero-order valence-corrected chi connectivity index (χ0v) is 10.3. The molecule has 0 radical (unpaired) electrons. The first-order chi connectivity index (χ1) is 7.50. The maximum atomic E-state index is 11.5. The maximum absolute atomic E-state index is 11.5. The highest BCUT2D eigenvalue weighted by atomic mass is 35.5. The summed E-state index contributed by atoms with van der Waals surface area (Å²) in [5.74, 6) is 0.0589. The van der Waals surface area contributed by atoms with Crippen LogP contribution in [0.4, 0.5) is 0 Å². The second-order valence-corrected chi connectivity index (χ2v) is 4.81. The summed E-state index contributed by atoms with van der Waals surface area (Å²) in [4.78, 5) is 13.2. The standard InChI is InChI=1S/C11H12Cl2N2O/c1-15-10(16)5-9(14)11(15)6-2-3-7(12)8(13)4-6/h2-4,9,11H,5,14H2,1H3/t9-,11-/m0/s1. The number of halogens is 2. The molecule has 0 aromatic heterocycles. The van der Waals surface area contributed by atoms with Crippen LogP contribution in [0.2, 0.25) is 10.0 Å². The molecule has 86 valence electrons. The van der Waals surface area contributed by atoms with Crippen LogP contribution in [0.5, 0.6) is 0 Å². The summed E-state index contributed by atoms with van der Waals surface area (Å²) in [5, 5.41) is 0.991. The van der Waals surface area contributed by atoms with Crippen LogP contribution in [0.3, 0.4) is 0 Å². The molecule has 0 bridgehead atoms. The van der Waals surface area contributed by atoms with Crippen LogP contribution < -0.4 is 5.73 Å². The molecule has 1 amide bonds. The molecule has 1 aliphatic rings. The minimum absolute atomic E-state index is 0.0589. The number of nitrogens with two attached hydrogens (primary N) is 1. The molecule has 2 atom stereocenters. The van der Waals surface area contributed by atoms with Crippen molar-refractivity contribution in [2.45, 2.75) is 18.5 Å². The van der Waals surface area contributed by atoms with Gasteiger partial charge in [0.25, 0.3) is 0 Å². The van der Waals surface area contributed by atoms with Gasteiger partial charge in [0.05, 0.1) is 16.1 Å². The van der Waals surface area contributed by atoms with Crippen LogP contribution in [0.1, 0.15) is 18.0 Å². The molecule has 1 aromatic carbocycles. The number of benzene rings is 1. The largest absolute Gasteiger partial charge is 0.337 e. The molecule has 1 heterocycles. The lowest BCUT2D eigenvalue weighted by Crippen LogP contribution is -2.30. The topological polar surface area (TPSA) is 46.3 Å². The lowest BCUT2D eigenvalue weighted by Gasteiger charge is -2.23. The smallest absolute Gasteiger partial charge is 0.224 e. The first-order valence-electron chi connectivity index (χ1n) is 4.97. The predicted molar refractivity (Wildman–Crippen MR) is 64.6 cm³/mol. The Morgan fingerprint density at radius 2 is 2.06 bits per heavy atom. The Kier molecular flexibility index (Phi) is 3.10. The average molecular weight is 259 g/mol. The molecular formula is C11H12Cl2N2O. The Hall–Kier alpha value is -0.770. The van der Waals surface area contributed by atoms with Crippen molar-refractivity contribution < 1.29 is 4.79 Å². The maximum Gasteiger partial charge on any atom is 0.224 e. The normalized spacial score (nSPS) is 25.2. The molecule has 1 aromatic rings. The fourth-order valence-electron chi connectivity index (χ4n) is 2.07. The van der Waals surface area contributed by atoms with E-state index in [1.807, 2.05) is 6.07 Å². The Morgan fingerprint density at radius 3 is 2.56 bits per heavy atom. The Bertz CT molecular complexity index is 436. The minimum atomic E-state index is -0.185. The van der Waals surface area contributed by atoms with Crippen molar-refractivity contribution in [3.05, 3.63) is 33.8 Å². The Labute approximate surface area is 104 Å². The second-order valence-electron chi connectivity index (χ2n) is 3.99. The van der Waals surface area contributed by atoms with Gasteiger partial charge >= 0.3 is 0 Å². The number of carbonyl (C=O) groups excluding carboxylic acids is 1. The van der Waals surface area contributed by atoms with Gasteiger partial charge in [-0.05, 0) is 17.7 Å². The van der Waals surface area contributed by atoms with E-state index < -0.39 is 0 Å². The molecule has 1 aliphatic heterocycles. The molecule has 2 rings (SSSR count). The summed E-state index contributed by atoms with van der Waals surface area (Å²) in [7, 11) is 1.75. The minimum Gasteiger partial charge on any atom is -0.337 e. The molecule has 0 spiro atoms. The van der Waals surface area contributed by atoms with Crippen LogP contribution in [0, 0.1) is 0 Å². The predicted octanol–water partition coefficient (Wildman–Crippen LogP) is 2.22. The van der Waals surface area contributed by atoms with Crippen LogP contribution >= 0.6 is 23.2 Å². The zero-order valence-electron chi connectivity index (χ0n) is 8.78. The van der Waals surface area contributed by atoms with Crippen molar-refractivity contribution in [2.75, 3.05) is 7.05 Å². The van der Waals surface area contributed by atoms with Gasteiger partial charge in [0.1, 0.15) is 0 Å². The zero-order chi connectivity index (χ0) is 11.9. The van der Waals surface area contributed by atoms with Crippen molar-refractivity contribution in [3.8, 4) is 0 Å². The van der Waals surface area contributed by atoms with E-state index in [4.69, 9.17) is 28.9 Å². The van der Waals surface area contributed by atoms with Crippen molar-refractivity contribution in [1.82, 2.24) is 4.90 Å². The third-order valence-corrected chi connectivity index (χ3v) is 3.65. The first kappa shape index (κ1) is 11.7. The molecular weight excluding hydrogens is 247 g/mol. The van der Waals surface area contributed by atoms with Crippen LogP contribution in [0.25, 0.3) is 0 Å². The summed E-state index contributed by atoms with van der Waals surface area (Å²) in [6.45, 7) is 0. The fraction of sp³-hybridized carbons (Fsp3) is 0.364. The number of rotatable bonds is 1. The van der Waals surface area contributed by atoms with Crippen LogP contribution in [0.15, 0.2) is 18.2 Å². The molecule has 3 nitrogen and oxygen atoms in total. The van der Waals surface area contributed by atoms with E-state index in [0.29, 0.717) is 16.5 Å². The van der Waals surface area contributed by atoms with Gasteiger partial charge in [-0.1, -0.05) is 29.3 Å². The van der Waals surface area contributed by atoms with Crippen molar-refractivity contribution >= 4 is 29.1 Å². The van der Waals surface area contributed by atoms with Crippen molar-refractivity contribution in [2.24, 2.45) is 5.73 Å². The highest BCUT2D eigenvalue weighted by molar-refractivity contribution is 6.42. The van der Waals surface area contributed by atoms with E-state index in [1.54, 1.807) is 24.1 Å². The summed E-state index contributed by atoms with van der Waals surface area (Å²) in [6.07, 6.45) is 0.376. The highest BCUT2D eigenvalue weighted by Crippen LogP contribution is 2.33. The fourth-order valence-corrected chi connectivity index (χ4v) is 2.37. The molecule has 5 heteroatoms. The van der Waals surface area contributed by atoms with Gasteiger partial charge in [-0.2, -0.15) is 0 Å². The van der Waals surface area contributed by atoms with E-state index in [9.17, 15) is 4.79 Å². The number of likely N-dealkylation sites (tertiary alicyclic amines) is 1. The molecule has 0 saturated carbocycles. The number of amides is 1. The van der Waals surface area contributed by atoms with Crippen molar-refractivity contribution in [3.63, 3.8) is 0 Å². The quantitative estimate of drug-likeness (QED) is 0.840. The lowest BCUT2D eigenvalue weighted by molar-refractivity contribution is -0.127. The number of hydrogen-bond donors (Lipinski definition) is 1. The average Bonchev–Trinajstić information content (AvgIpc) is 2.47. The third-order valence-electron chi connectivity index (χ3n) is 2.91. The molecule has 0 aliphatic carbocycles. The number of nitrogens with zero attached hydrogens (tertiary/aromatic N) is 1. The second kappa shape index (κ2) is 4.24.